The molecule has 184 valence electrons. The second kappa shape index (κ2) is 9.88. The molecule has 1 N–H and O–H groups in total. The van der Waals surface area contributed by atoms with Crippen molar-refractivity contribution in [3.05, 3.63) is 18.2 Å². The smallest absolute Gasteiger partial charge is 0.370 e. The highest BCUT2D eigenvalue weighted by atomic mass is 32.2. The lowest BCUT2D eigenvalue weighted by Crippen LogP contribution is -2.36. The Balaban J connectivity index is 1.87. The molecule has 1 aromatic rings. The first-order valence-electron chi connectivity index (χ1n) is 11.0. The van der Waals surface area contributed by atoms with E-state index in [1.807, 2.05) is 4.90 Å². The van der Waals surface area contributed by atoms with E-state index in [4.69, 9.17) is 0 Å². The van der Waals surface area contributed by atoms with Crippen LogP contribution >= 0.6 is 0 Å². The van der Waals surface area contributed by atoms with Gasteiger partial charge in [-0.25, -0.2) is 8.42 Å². The summed E-state index contributed by atoms with van der Waals surface area (Å²) in [5.74, 6) is -2.29. The number of hydrogen-bond donors (Lipinski definition) is 1. The van der Waals surface area contributed by atoms with Crippen molar-refractivity contribution in [2.75, 3.05) is 49.5 Å². The van der Waals surface area contributed by atoms with Gasteiger partial charge in [-0.05, 0) is 31.0 Å². The molecule has 1 aromatic carbocycles. The highest BCUT2D eigenvalue weighted by Gasteiger charge is 2.40. The van der Waals surface area contributed by atoms with Crippen LogP contribution in [-0.2, 0) is 19.6 Å². The zero-order valence-electron chi connectivity index (χ0n) is 18.7. The SMILES string of the molecule is CCN(CC)S(=O)(=O)c1ccc(N2CCCC2)c(NC(=O)C2CC(=O)N(CC(F)(F)F)C2)c1. The average Bonchev–Trinajstić information content (AvgIpc) is 3.38. The lowest BCUT2D eigenvalue weighted by atomic mass is 10.1. The molecule has 2 aliphatic rings. The van der Waals surface area contributed by atoms with E-state index in [2.05, 4.69) is 5.32 Å². The van der Waals surface area contributed by atoms with Gasteiger partial charge in [0.15, 0.2) is 0 Å². The van der Waals surface area contributed by atoms with Crippen molar-refractivity contribution in [3.63, 3.8) is 0 Å². The Hall–Kier alpha value is -2.34. The molecule has 0 saturated carbocycles. The first kappa shape index (κ1) is 25.3. The number of carbonyl (C=O) groups excluding carboxylic acids is 2. The lowest BCUT2D eigenvalue weighted by molar-refractivity contribution is -0.157. The number of nitrogens with zero attached hydrogens (tertiary/aromatic N) is 3. The summed E-state index contributed by atoms with van der Waals surface area (Å²) in [7, 11) is -3.78. The predicted octanol–water partition coefficient (Wildman–Crippen LogP) is 2.67. The number of anilines is 2. The number of benzene rings is 1. The highest BCUT2D eigenvalue weighted by molar-refractivity contribution is 7.89. The molecular weight excluding hydrogens is 461 g/mol. The third-order valence-electron chi connectivity index (χ3n) is 5.97. The normalized spacial score (nSPS) is 19.6. The molecule has 2 amide bonds. The summed E-state index contributed by atoms with van der Waals surface area (Å²) in [5.41, 5.74) is 0.924. The molecule has 0 aliphatic carbocycles. The topological polar surface area (TPSA) is 90.0 Å². The van der Waals surface area contributed by atoms with Gasteiger partial charge in [-0.15, -0.1) is 0 Å². The summed E-state index contributed by atoms with van der Waals surface area (Å²) >= 11 is 0. The van der Waals surface area contributed by atoms with Gasteiger partial charge >= 0.3 is 6.18 Å². The zero-order chi connectivity index (χ0) is 24.4. The molecule has 12 heteroatoms. The van der Waals surface area contributed by atoms with Crippen LogP contribution in [0, 0.1) is 5.92 Å². The maximum Gasteiger partial charge on any atom is 0.406 e. The minimum absolute atomic E-state index is 0.0191. The lowest BCUT2D eigenvalue weighted by Gasteiger charge is -2.24. The number of nitrogens with one attached hydrogen (secondary N) is 1. The Labute approximate surface area is 191 Å². The fourth-order valence-corrected chi connectivity index (χ4v) is 5.76. The predicted molar refractivity (Wildman–Crippen MR) is 117 cm³/mol. The number of amides is 2. The molecule has 2 heterocycles. The maximum atomic E-state index is 13.0. The second-order valence-corrected chi connectivity index (χ2v) is 10.2. The van der Waals surface area contributed by atoms with E-state index in [-0.39, 0.29) is 36.6 Å². The van der Waals surface area contributed by atoms with E-state index in [1.54, 1.807) is 19.9 Å². The van der Waals surface area contributed by atoms with Crippen LogP contribution in [0.3, 0.4) is 0 Å². The molecular formula is C21H29F3N4O4S. The van der Waals surface area contributed by atoms with E-state index in [0.29, 0.717) is 10.6 Å². The molecule has 3 rings (SSSR count). The van der Waals surface area contributed by atoms with Gasteiger partial charge in [0, 0.05) is 39.1 Å². The summed E-state index contributed by atoms with van der Waals surface area (Å²) in [6.45, 7) is 3.78. The fraction of sp³-hybridized carbons (Fsp3) is 0.619. The van der Waals surface area contributed by atoms with Gasteiger partial charge in [0.05, 0.1) is 22.2 Å². The Kier molecular flexibility index (Phi) is 7.57. The monoisotopic (exact) mass is 490 g/mol. The first-order valence-corrected chi connectivity index (χ1v) is 12.4. The summed E-state index contributed by atoms with van der Waals surface area (Å²) in [5, 5.41) is 2.70. The molecule has 2 fully saturated rings. The molecule has 1 unspecified atom stereocenters. The van der Waals surface area contributed by atoms with Crippen LogP contribution in [-0.4, -0.2) is 74.9 Å². The van der Waals surface area contributed by atoms with Crippen molar-refractivity contribution >= 4 is 33.2 Å². The van der Waals surface area contributed by atoms with Crippen LogP contribution < -0.4 is 10.2 Å². The number of halogens is 3. The average molecular weight is 491 g/mol. The van der Waals surface area contributed by atoms with Crippen LogP contribution in [0.5, 0.6) is 0 Å². The van der Waals surface area contributed by atoms with Crippen molar-refractivity contribution in [1.29, 1.82) is 0 Å². The number of rotatable bonds is 8. The van der Waals surface area contributed by atoms with Gasteiger partial charge in [0.1, 0.15) is 6.54 Å². The number of likely N-dealkylation sites (tertiary alicyclic amines) is 1. The maximum absolute atomic E-state index is 13.0. The number of sulfonamides is 1. The Morgan fingerprint density at radius 1 is 1.18 bits per heavy atom. The molecule has 8 nitrogen and oxygen atoms in total. The van der Waals surface area contributed by atoms with Gasteiger partial charge in [-0.3, -0.25) is 9.59 Å². The molecule has 0 aromatic heterocycles. The van der Waals surface area contributed by atoms with Crippen molar-refractivity contribution in [2.45, 2.75) is 44.2 Å². The van der Waals surface area contributed by atoms with Gasteiger partial charge in [-0.1, -0.05) is 13.8 Å². The second-order valence-electron chi connectivity index (χ2n) is 8.24. The molecule has 1 atom stereocenters. The van der Waals surface area contributed by atoms with E-state index >= 15 is 0 Å². The standard InChI is InChI=1S/C21H29F3N4O4S/c1-3-28(4-2)33(31,32)16-7-8-18(26-9-5-6-10-26)17(12-16)25-20(30)15-11-19(29)27(13-15)14-21(22,23)24/h7-8,12,15H,3-6,9-11,13-14H2,1-2H3,(H,25,30). The van der Waals surface area contributed by atoms with Gasteiger partial charge < -0.3 is 15.1 Å². The summed E-state index contributed by atoms with van der Waals surface area (Å²) < 4.78 is 65.4. The van der Waals surface area contributed by atoms with E-state index in [9.17, 15) is 31.2 Å². The molecule has 33 heavy (non-hydrogen) atoms. The minimum Gasteiger partial charge on any atom is -0.370 e. The van der Waals surface area contributed by atoms with Crippen LogP contribution in [0.4, 0.5) is 24.5 Å². The number of hydrogen-bond acceptors (Lipinski definition) is 5. The molecule has 0 radical (unpaired) electrons. The van der Waals surface area contributed by atoms with Crippen LogP contribution in [0.15, 0.2) is 23.1 Å². The van der Waals surface area contributed by atoms with Crippen LogP contribution in [0.2, 0.25) is 0 Å². The minimum atomic E-state index is -4.54. The van der Waals surface area contributed by atoms with Gasteiger partial charge in [0.2, 0.25) is 21.8 Å². The van der Waals surface area contributed by atoms with E-state index in [0.717, 1.165) is 25.9 Å². The third-order valence-corrected chi connectivity index (χ3v) is 8.02. The van der Waals surface area contributed by atoms with Crippen molar-refractivity contribution in [2.24, 2.45) is 5.92 Å². The van der Waals surface area contributed by atoms with E-state index < -0.39 is 40.5 Å². The number of carbonyl (C=O) groups is 2. The molecule has 0 spiro atoms. The van der Waals surface area contributed by atoms with Crippen molar-refractivity contribution in [1.82, 2.24) is 9.21 Å². The Morgan fingerprint density at radius 2 is 1.82 bits per heavy atom. The third kappa shape index (κ3) is 5.78. The Morgan fingerprint density at radius 3 is 2.39 bits per heavy atom. The molecule has 2 aliphatic heterocycles. The first-order chi connectivity index (χ1) is 15.5. The molecule has 0 bridgehead atoms. The summed E-state index contributed by atoms with van der Waals surface area (Å²) in [6, 6.07) is 4.54. The summed E-state index contributed by atoms with van der Waals surface area (Å²) in [4.78, 5) is 27.5. The largest absolute Gasteiger partial charge is 0.406 e. The van der Waals surface area contributed by atoms with E-state index in [1.165, 1.54) is 16.4 Å². The van der Waals surface area contributed by atoms with Gasteiger partial charge in [-0.2, -0.15) is 17.5 Å². The van der Waals surface area contributed by atoms with Crippen molar-refractivity contribution < 1.29 is 31.2 Å². The summed E-state index contributed by atoms with van der Waals surface area (Å²) in [6.07, 6.45) is -2.96. The van der Waals surface area contributed by atoms with Crippen molar-refractivity contribution in [3.8, 4) is 0 Å². The number of alkyl halides is 3. The van der Waals surface area contributed by atoms with Gasteiger partial charge in [0.25, 0.3) is 0 Å². The quantitative estimate of drug-likeness (QED) is 0.605. The van der Waals surface area contributed by atoms with Crippen LogP contribution in [0.1, 0.15) is 33.1 Å². The zero-order valence-corrected chi connectivity index (χ0v) is 19.5. The molecule has 2 saturated heterocycles. The van der Waals surface area contributed by atoms with Crippen LogP contribution in [0.25, 0.3) is 0 Å². The highest BCUT2D eigenvalue weighted by Crippen LogP contribution is 2.33. The Bertz CT molecular complexity index is 990. The fourth-order valence-electron chi connectivity index (χ4n) is 4.27.